The molecule has 26 heavy (non-hydrogen) atoms. The molecule has 3 heteroatoms. The second-order valence-electron chi connectivity index (χ2n) is 8.52. The van der Waals surface area contributed by atoms with E-state index in [1.54, 1.807) is 5.56 Å². The Morgan fingerprint density at radius 1 is 1.31 bits per heavy atom. The van der Waals surface area contributed by atoms with Gasteiger partial charge in [0.05, 0.1) is 5.54 Å². The molecular weight excluding hydrogens is 322 g/mol. The van der Waals surface area contributed by atoms with E-state index >= 15 is 0 Å². The van der Waals surface area contributed by atoms with Crippen LogP contribution >= 0.6 is 0 Å². The number of carbonyl (C=O) groups excluding carboxylic acids is 1. The molecule has 0 radical (unpaired) electrons. The number of benzene rings is 1. The lowest BCUT2D eigenvalue weighted by Crippen LogP contribution is -2.40. The molecule has 1 amide bonds. The summed E-state index contributed by atoms with van der Waals surface area (Å²) in [5, 5.41) is 3.06. The SMILES string of the molecule is CCCC/C=C/C1CCc2cc([C@H]3CC[C@]4(COC(=O)N4)C3)ccc2C1. The Morgan fingerprint density at radius 2 is 2.23 bits per heavy atom. The Hall–Kier alpha value is -1.77. The van der Waals surface area contributed by atoms with Crippen molar-refractivity contribution < 1.29 is 9.53 Å². The van der Waals surface area contributed by atoms with Gasteiger partial charge in [0.15, 0.2) is 0 Å². The molecule has 0 bridgehead atoms. The van der Waals surface area contributed by atoms with Gasteiger partial charge in [-0.05, 0) is 73.5 Å². The maximum atomic E-state index is 11.4. The molecule has 140 valence electrons. The van der Waals surface area contributed by atoms with E-state index in [4.69, 9.17) is 4.74 Å². The van der Waals surface area contributed by atoms with Gasteiger partial charge < -0.3 is 10.1 Å². The van der Waals surface area contributed by atoms with Crippen molar-refractivity contribution in [2.75, 3.05) is 6.61 Å². The molecule has 1 aliphatic heterocycles. The van der Waals surface area contributed by atoms with Crippen LogP contribution in [0.5, 0.6) is 0 Å². The summed E-state index contributed by atoms with van der Waals surface area (Å²) in [7, 11) is 0. The van der Waals surface area contributed by atoms with E-state index in [9.17, 15) is 4.79 Å². The van der Waals surface area contributed by atoms with Crippen LogP contribution in [0, 0.1) is 5.92 Å². The molecule has 1 aromatic carbocycles. The van der Waals surface area contributed by atoms with Crippen LogP contribution in [0.3, 0.4) is 0 Å². The van der Waals surface area contributed by atoms with Gasteiger partial charge in [-0.2, -0.15) is 0 Å². The first-order valence-electron chi connectivity index (χ1n) is 10.4. The minimum atomic E-state index is -0.242. The molecule has 3 nitrogen and oxygen atoms in total. The predicted octanol–water partition coefficient (Wildman–Crippen LogP) is 5.28. The molecule has 1 aromatic rings. The number of unbranched alkanes of at least 4 members (excludes halogenated alkanes) is 2. The highest BCUT2D eigenvalue weighted by Gasteiger charge is 2.46. The average Bonchev–Trinajstić information content (AvgIpc) is 3.24. The minimum absolute atomic E-state index is 0.105. The van der Waals surface area contributed by atoms with Crippen LogP contribution in [0.15, 0.2) is 30.4 Å². The second kappa shape index (κ2) is 7.46. The van der Waals surface area contributed by atoms with Crippen molar-refractivity contribution in [3.8, 4) is 0 Å². The van der Waals surface area contributed by atoms with Crippen LogP contribution < -0.4 is 5.32 Å². The van der Waals surface area contributed by atoms with Gasteiger partial charge in [0.25, 0.3) is 0 Å². The molecule has 1 N–H and O–H groups in total. The van der Waals surface area contributed by atoms with Gasteiger partial charge in [0.1, 0.15) is 6.61 Å². The topological polar surface area (TPSA) is 38.3 Å². The van der Waals surface area contributed by atoms with Gasteiger partial charge in [-0.15, -0.1) is 0 Å². The molecule has 1 saturated heterocycles. The largest absolute Gasteiger partial charge is 0.447 e. The number of aryl methyl sites for hydroxylation is 1. The fourth-order valence-corrected chi connectivity index (χ4v) is 4.98. The van der Waals surface area contributed by atoms with Gasteiger partial charge in [0.2, 0.25) is 0 Å². The third kappa shape index (κ3) is 3.67. The summed E-state index contributed by atoms with van der Waals surface area (Å²) >= 11 is 0. The molecule has 1 heterocycles. The number of ether oxygens (including phenoxy) is 1. The average molecular weight is 354 g/mol. The van der Waals surface area contributed by atoms with Crippen molar-refractivity contribution in [2.45, 2.75) is 76.2 Å². The Labute approximate surface area is 157 Å². The summed E-state index contributed by atoms with van der Waals surface area (Å²) in [5.74, 6) is 1.26. The van der Waals surface area contributed by atoms with E-state index in [1.165, 1.54) is 49.7 Å². The summed E-state index contributed by atoms with van der Waals surface area (Å²) in [4.78, 5) is 11.4. The number of alkyl carbamates (subject to hydrolysis) is 1. The number of rotatable bonds is 5. The summed E-state index contributed by atoms with van der Waals surface area (Å²) in [6.45, 7) is 2.79. The monoisotopic (exact) mass is 353 g/mol. The van der Waals surface area contributed by atoms with Crippen LogP contribution in [0.2, 0.25) is 0 Å². The zero-order valence-corrected chi connectivity index (χ0v) is 15.9. The van der Waals surface area contributed by atoms with Crippen molar-refractivity contribution in [3.63, 3.8) is 0 Å². The van der Waals surface area contributed by atoms with Gasteiger partial charge >= 0.3 is 6.09 Å². The zero-order chi connectivity index (χ0) is 18.0. The number of fused-ring (bicyclic) bond motifs is 1. The first-order chi connectivity index (χ1) is 12.7. The van der Waals surface area contributed by atoms with E-state index in [0.717, 1.165) is 19.3 Å². The zero-order valence-electron chi connectivity index (χ0n) is 15.9. The molecular formula is C23H31NO2. The standard InChI is InChI=1S/C23H31NO2/c1-2-3-4-5-6-17-7-8-19-14-20(10-9-18(19)13-17)21-11-12-23(15-21)16-26-22(25)24-23/h5-6,9-10,14,17,21H,2-4,7-8,11-13,15-16H2,1H3,(H,24,25)/b6-5+/t17?,21-,23+/m0/s1. The van der Waals surface area contributed by atoms with Crippen molar-refractivity contribution >= 4 is 6.09 Å². The fourth-order valence-electron chi connectivity index (χ4n) is 4.98. The van der Waals surface area contributed by atoms with E-state index in [1.807, 2.05) is 0 Å². The van der Waals surface area contributed by atoms with Gasteiger partial charge in [-0.1, -0.05) is 50.1 Å². The highest BCUT2D eigenvalue weighted by Crippen LogP contribution is 2.43. The number of nitrogens with one attached hydrogen (secondary N) is 1. The van der Waals surface area contributed by atoms with Crippen LogP contribution in [-0.2, 0) is 17.6 Å². The molecule has 1 saturated carbocycles. The molecule has 1 spiro atoms. The number of carbonyl (C=O) groups is 1. The van der Waals surface area contributed by atoms with Crippen LogP contribution in [0.1, 0.15) is 74.5 Å². The summed E-state index contributed by atoms with van der Waals surface area (Å²) < 4.78 is 5.17. The van der Waals surface area contributed by atoms with Crippen LogP contribution in [0.25, 0.3) is 0 Å². The molecule has 2 aliphatic carbocycles. The first kappa shape index (κ1) is 17.6. The third-order valence-corrected chi connectivity index (χ3v) is 6.56. The summed E-state index contributed by atoms with van der Waals surface area (Å²) in [6, 6.07) is 7.16. The van der Waals surface area contributed by atoms with Crippen LogP contribution in [0.4, 0.5) is 4.79 Å². The third-order valence-electron chi connectivity index (χ3n) is 6.56. The van der Waals surface area contributed by atoms with Crippen molar-refractivity contribution in [1.29, 1.82) is 0 Å². The quantitative estimate of drug-likeness (QED) is 0.577. The Balaban J connectivity index is 1.40. The lowest BCUT2D eigenvalue weighted by Gasteiger charge is -2.24. The van der Waals surface area contributed by atoms with Crippen molar-refractivity contribution in [3.05, 3.63) is 47.0 Å². The maximum absolute atomic E-state index is 11.4. The van der Waals surface area contributed by atoms with Crippen molar-refractivity contribution in [1.82, 2.24) is 5.32 Å². The predicted molar refractivity (Wildman–Crippen MR) is 104 cm³/mol. The minimum Gasteiger partial charge on any atom is -0.447 e. The van der Waals surface area contributed by atoms with E-state index in [-0.39, 0.29) is 11.6 Å². The molecule has 4 rings (SSSR count). The number of hydrogen-bond donors (Lipinski definition) is 1. The Bertz CT molecular complexity index is 695. The molecule has 1 unspecified atom stereocenters. The number of amides is 1. The normalized spacial score (nSPS) is 30.6. The molecule has 0 aromatic heterocycles. The lowest BCUT2D eigenvalue weighted by molar-refractivity contribution is 0.172. The van der Waals surface area contributed by atoms with E-state index in [0.29, 0.717) is 18.4 Å². The molecule has 3 aliphatic rings. The van der Waals surface area contributed by atoms with Crippen molar-refractivity contribution in [2.24, 2.45) is 5.92 Å². The van der Waals surface area contributed by atoms with Gasteiger partial charge in [-0.3, -0.25) is 0 Å². The van der Waals surface area contributed by atoms with Crippen LogP contribution in [-0.4, -0.2) is 18.2 Å². The van der Waals surface area contributed by atoms with Gasteiger partial charge in [0, 0.05) is 0 Å². The lowest BCUT2D eigenvalue weighted by atomic mass is 9.81. The van der Waals surface area contributed by atoms with E-state index < -0.39 is 0 Å². The highest BCUT2D eigenvalue weighted by molar-refractivity contribution is 5.70. The van der Waals surface area contributed by atoms with Gasteiger partial charge in [-0.25, -0.2) is 4.79 Å². The number of cyclic esters (lactones) is 1. The Kier molecular flexibility index (Phi) is 5.06. The smallest absolute Gasteiger partial charge is 0.407 e. The molecule has 3 atom stereocenters. The first-order valence-corrected chi connectivity index (χ1v) is 10.4. The molecule has 2 fully saturated rings. The van der Waals surface area contributed by atoms with E-state index in [2.05, 4.69) is 42.6 Å². The Morgan fingerprint density at radius 3 is 3.04 bits per heavy atom. The second-order valence-corrected chi connectivity index (χ2v) is 8.52. The number of allylic oxidation sites excluding steroid dienone is 2. The number of hydrogen-bond acceptors (Lipinski definition) is 2. The highest BCUT2D eigenvalue weighted by atomic mass is 16.6. The summed E-state index contributed by atoms with van der Waals surface area (Å²) in [6.07, 6.45) is 15.3. The summed E-state index contributed by atoms with van der Waals surface area (Å²) in [5.41, 5.74) is 4.44. The fraction of sp³-hybridized carbons (Fsp3) is 0.609. The maximum Gasteiger partial charge on any atom is 0.407 e.